The third-order valence-electron chi connectivity index (χ3n) is 5.42. The number of esters is 1. The van der Waals surface area contributed by atoms with Gasteiger partial charge in [-0.3, -0.25) is 0 Å². The Labute approximate surface area is 154 Å². The predicted molar refractivity (Wildman–Crippen MR) is 99.1 cm³/mol. The molecule has 1 atom stereocenters. The van der Waals surface area contributed by atoms with Gasteiger partial charge in [-0.25, -0.2) is 9.78 Å². The first-order chi connectivity index (χ1) is 12.5. The number of fused-ring (bicyclic) bond motifs is 5. The van der Waals surface area contributed by atoms with Crippen LogP contribution >= 0.6 is 12.2 Å². The summed E-state index contributed by atoms with van der Waals surface area (Å²) in [7, 11) is 0. The fraction of sp³-hybridized carbons (Fsp3) is 0.250. The minimum absolute atomic E-state index is 0.0986. The van der Waals surface area contributed by atoms with E-state index in [-0.39, 0.29) is 13.0 Å². The number of para-hydroxylation sites is 1. The Bertz CT molecular complexity index is 1170. The molecule has 3 aromatic rings. The summed E-state index contributed by atoms with van der Waals surface area (Å²) in [5, 5.41) is 12.0. The van der Waals surface area contributed by atoms with Crippen LogP contribution in [0, 0.1) is 4.64 Å². The lowest BCUT2D eigenvalue weighted by atomic mass is 9.86. The van der Waals surface area contributed by atoms with Crippen molar-refractivity contribution in [2.24, 2.45) is 0 Å². The Kier molecular flexibility index (Phi) is 3.14. The molecule has 0 fully saturated rings. The Morgan fingerprint density at radius 1 is 1.35 bits per heavy atom. The van der Waals surface area contributed by atoms with Crippen LogP contribution < -0.4 is 0 Å². The van der Waals surface area contributed by atoms with Crippen LogP contribution in [0.1, 0.15) is 30.0 Å². The van der Waals surface area contributed by atoms with E-state index >= 15 is 0 Å². The zero-order valence-corrected chi connectivity index (χ0v) is 15.0. The van der Waals surface area contributed by atoms with E-state index in [0.29, 0.717) is 22.3 Å². The molecule has 4 heterocycles. The van der Waals surface area contributed by atoms with E-state index in [9.17, 15) is 9.90 Å². The van der Waals surface area contributed by atoms with Gasteiger partial charge in [0.15, 0.2) is 5.60 Å². The van der Waals surface area contributed by atoms with Crippen LogP contribution in [0.15, 0.2) is 36.4 Å². The second kappa shape index (κ2) is 5.22. The second-order valence-corrected chi connectivity index (χ2v) is 7.18. The van der Waals surface area contributed by atoms with Crippen molar-refractivity contribution in [3.8, 4) is 11.4 Å². The number of hydrogen-bond donors (Lipinski definition) is 1. The molecular weight excluding hydrogens is 348 g/mol. The summed E-state index contributed by atoms with van der Waals surface area (Å²) in [5.74, 6) is -0.614. The Morgan fingerprint density at radius 3 is 2.96 bits per heavy atom. The molecule has 0 radical (unpaired) electrons. The van der Waals surface area contributed by atoms with Gasteiger partial charge in [-0.2, -0.15) is 0 Å². The minimum atomic E-state index is -1.66. The number of carbonyl (C=O) groups is 1. The molecule has 2 aliphatic rings. The quantitative estimate of drug-likeness (QED) is 0.414. The monoisotopic (exact) mass is 364 g/mol. The zero-order valence-electron chi connectivity index (χ0n) is 14.2. The maximum Gasteiger partial charge on any atom is 0.343 e. The van der Waals surface area contributed by atoms with Crippen LogP contribution in [-0.4, -0.2) is 20.6 Å². The number of carbonyl (C=O) groups excluding carboxylic acids is 1. The molecule has 5 rings (SSSR count). The van der Waals surface area contributed by atoms with Gasteiger partial charge in [0.05, 0.1) is 23.4 Å². The molecule has 2 aromatic heterocycles. The van der Waals surface area contributed by atoms with Gasteiger partial charge in [-0.15, -0.1) is 0 Å². The molecule has 0 aliphatic carbocycles. The maximum atomic E-state index is 12.2. The molecule has 6 heteroatoms. The molecule has 1 aromatic carbocycles. The fourth-order valence-corrected chi connectivity index (χ4v) is 4.26. The van der Waals surface area contributed by atoms with Crippen molar-refractivity contribution in [2.45, 2.75) is 32.1 Å². The van der Waals surface area contributed by atoms with Crippen LogP contribution in [0.25, 0.3) is 22.3 Å². The van der Waals surface area contributed by atoms with Crippen LogP contribution in [0.3, 0.4) is 0 Å². The number of cyclic esters (lactones) is 1. The molecule has 2 aliphatic heterocycles. The van der Waals surface area contributed by atoms with Gasteiger partial charge < -0.3 is 14.4 Å². The number of ether oxygens (including phenoxy) is 1. The summed E-state index contributed by atoms with van der Waals surface area (Å²) < 4.78 is 7.82. The van der Waals surface area contributed by atoms with E-state index < -0.39 is 11.6 Å². The third kappa shape index (κ3) is 1.91. The molecule has 0 amide bonds. The van der Waals surface area contributed by atoms with Gasteiger partial charge in [0, 0.05) is 22.1 Å². The number of aliphatic hydroxyl groups is 1. The van der Waals surface area contributed by atoms with Gasteiger partial charge >= 0.3 is 5.97 Å². The summed E-state index contributed by atoms with van der Waals surface area (Å²) in [6.07, 6.45) is 0.231. The fourth-order valence-electron chi connectivity index (χ4n) is 3.93. The first-order valence-corrected chi connectivity index (χ1v) is 8.99. The van der Waals surface area contributed by atoms with Gasteiger partial charge in [-0.1, -0.05) is 37.3 Å². The molecule has 0 spiro atoms. The number of nitrogens with zero attached hydrogens (tertiary/aromatic N) is 2. The highest BCUT2D eigenvalue weighted by atomic mass is 32.1. The van der Waals surface area contributed by atoms with Crippen molar-refractivity contribution in [2.75, 3.05) is 0 Å². The van der Waals surface area contributed by atoms with E-state index in [1.165, 1.54) is 0 Å². The highest BCUT2D eigenvalue weighted by Crippen LogP contribution is 2.40. The number of aromatic nitrogens is 2. The standard InChI is InChI=1S/C20H16N2O3S/c1-2-20(24)14-8-16-17-12(7-11-5-3-4-6-15(11)21-17)9-22(16)18(26)13(14)10-25-19(20)23/h3-8,24H,2,9-10H2,1H3/t20-/m0/s1. The number of rotatable bonds is 1. The number of hydrogen-bond acceptors (Lipinski definition) is 5. The van der Waals surface area contributed by atoms with E-state index in [1.54, 1.807) is 6.92 Å². The highest BCUT2D eigenvalue weighted by Gasteiger charge is 2.44. The number of pyridine rings is 2. The molecular formula is C20H16N2O3S. The summed E-state index contributed by atoms with van der Waals surface area (Å²) >= 11 is 5.68. The Hall–Kier alpha value is -2.57. The third-order valence-corrected chi connectivity index (χ3v) is 5.88. The number of benzene rings is 1. The van der Waals surface area contributed by atoms with Gasteiger partial charge in [0.1, 0.15) is 11.2 Å². The lowest BCUT2D eigenvalue weighted by Crippen LogP contribution is -2.41. The first kappa shape index (κ1) is 15.7. The summed E-state index contributed by atoms with van der Waals surface area (Å²) in [6, 6.07) is 12.0. The predicted octanol–water partition coefficient (Wildman–Crippen LogP) is 3.45. The van der Waals surface area contributed by atoms with Crippen LogP contribution in [0.2, 0.25) is 0 Å². The lowest BCUT2D eigenvalue weighted by molar-refractivity contribution is -0.172. The maximum absolute atomic E-state index is 12.2. The highest BCUT2D eigenvalue weighted by molar-refractivity contribution is 7.71. The summed E-state index contributed by atoms with van der Waals surface area (Å²) in [6.45, 7) is 2.49. The van der Waals surface area contributed by atoms with Crippen molar-refractivity contribution in [3.63, 3.8) is 0 Å². The smallest absolute Gasteiger partial charge is 0.343 e. The van der Waals surface area contributed by atoms with Gasteiger partial charge in [0.2, 0.25) is 0 Å². The van der Waals surface area contributed by atoms with Crippen molar-refractivity contribution in [1.82, 2.24) is 9.55 Å². The van der Waals surface area contributed by atoms with Crippen LogP contribution in [0.4, 0.5) is 0 Å². The lowest BCUT2D eigenvalue weighted by Gasteiger charge is -2.32. The van der Waals surface area contributed by atoms with E-state index in [1.807, 2.05) is 34.9 Å². The molecule has 0 saturated carbocycles. The molecule has 0 unspecified atom stereocenters. The van der Waals surface area contributed by atoms with Crippen LogP contribution in [-0.2, 0) is 28.3 Å². The molecule has 26 heavy (non-hydrogen) atoms. The molecule has 0 bridgehead atoms. The average molecular weight is 364 g/mol. The zero-order chi connectivity index (χ0) is 18.1. The first-order valence-electron chi connectivity index (χ1n) is 8.59. The Balaban J connectivity index is 1.81. The van der Waals surface area contributed by atoms with Crippen molar-refractivity contribution in [3.05, 3.63) is 57.7 Å². The van der Waals surface area contributed by atoms with Gasteiger partial charge in [-0.05, 0) is 24.6 Å². The van der Waals surface area contributed by atoms with Crippen molar-refractivity contribution in [1.29, 1.82) is 0 Å². The van der Waals surface area contributed by atoms with Crippen LogP contribution in [0.5, 0.6) is 0 Å². The van der Waals surface area contributed by atoms with Crippen molar-refractivity contribution < 1.29 is 14.6 Å². The average Bonchev–Trinajstić information content (AvgIpc) is 3.01. The largest absolute Gasteiger partial charge is 0.458 e. The minimum Gasteiger partial charge on any atom is -0.458 e. The molecule has 0 saturated heterocycles. The normalized spacial score (nSPS) is 20.5. The second-order valence-electron chi connectivity index (χ2n) is 6.79. The summed E-state index contributed by atoms with van der Waals surface area (Å²) in [5.41, 5.74) is 3.31. The van der Waals surface area contributed by atoms with Gasteiger partial charge in [0.25, 0.3) is 0 Å². The van der Waals surface area contributed by atoms with E-state index in [0.717, 1.165) is 27.9 Å². The SMILES string of the molecule is CC[C@@]1(O)C(=O)OCc2c1cc1n(c2=S)Cc2cc3ccccc3nc2-1. The molecule has 5 nitrogen and oxygen atoms in total. The topological polar surface area (TPSA) is 64.3 Å². The van der Waals surface area contributed by atoms with E-state index in [2.05, 4.69) is 6.07 Å². The van der Waals surface area contributed by atoms with E-state index in [4.69, 9.17) is 21.9 Å². The summed E-state index contributed by atoms with van der Waals surface area (Å²) in [4.78, 5) is 17.0. The van der Waals surface area contributed by atoms with Crippen molar-refractivity contribution >= 4 is 29.1 Å². The Morgan fingerprint density at radius 2 is 2.15 bits per heavy atom. The molecule has 130 valence electrons. The molecule has 1 N–H and O–H groups in total.